The standard InChI is InChI=1S/C13H23N3O2/c1-5-8-9-16-10(14)13(6-2,7-3)11(17)15(4)12(16)18/h14H,5-9H2,1-4H3. The number of rotatable bonds is 5. The Hall–Kier alpha value is -1.39. The van der Waals surface area contributed by atoms with Crippen molar-refractivity contribution >= 4 is 17.8 Å². The number of amidine groups is 1. The zero-order valence-electron chi connectivity index (χ0n) is 11.7. The molecule has 5 nitrogen and oxygen atoms in total. The fourth-order valence-electron chi connectivity index (χ4n) is 2.46. The van der Waals surface area contributed by atoms with Crippen LogP contribution in [0.3, 0.4) is 0 Å². The molecule has 0 aromatic rings. The van der Waals surface area contributed by atoms with Crippen molar-refractivity contribution in [3.8, 4) is 0 Å². The number of carbonyl (C=O) groups excluding carboxylic acids is 2. The lowest BCUT2D eigenvalue weighted by Crippen LogP contribution is -2.63. The van der Waals surface area contributed by atoms with Crippen molar-refractivity contribution in [1.29, 1.82) is 5.41 Å². The van der Waals surface area contributed by atoms with Crippen LogP contribution in [0.15, 0.2) is 0 Å². The third kappa shape index (κ3) is 2.02. The van der Waals surface area contributed by atoms with E-state index in [9.17, 15) is 9.59 Å². The summed E-state index contributed by atoms with van der Waals surface area (Å²) in [5.74, 6) is -0.0655. The number of nitrogens with zero attached hydrogens (tertiary/aromatic N) is 2. The molecule has 1 heterocycles. The molecule has 1 rings (SSSR count). The Kier molecular flexibility index (Phi) is 4.48. The molecule has 1 N–H and O–H groups in total. The number of hydrogen-bond donors (Lipinski definition) is 1. The molecule has 1 aliphatic rings. The number of nitrogens with one attached hydrogen (secondary N) is 1. The van der Waals surface area contributed by atoms with Crippen molar-refractivity contribution in [2.24, 2.45) is 5.41 Å². The number of unbranched alkanes of at least 4 members (excludes halogenated alkanes) is 1. The molecule has 0 aromatic heterocycles. The summed E-state index contributed by atoms with van der Waals surface area (Å²) < 4.78 is 0. The number of urea groups is 1. The van der Waals surface area contributed by atoms with Gasteiger partial charge in [-0.15, -0.1) is 0 Å². The van der Waals surface area contributed by atoms with Gasteiger partial charge in [-0.1, -0.05) is 27.2 Å². The average Bonchev–Trinajstić information content (AvgIpc) is 2.38. The van der Waals surface area contributed by atoms with E-state index in [-0.39, 0.29) is 17.8 Å². The zero-order valence-corrected chi connectivity index (χ0v) is 11.7. The maximum atomic E-state index is 12.3. The lowest BCUT2D eigenvalue weighted by molar-refractivity contribution is -0.136. The van der Waals surface area contributed by atoms with E-state index in [1.165, 1.54) is 16.8 Å². The van der Waals surface area contributed by atoms with Crippen molar-refractivity contribution in [2.75, 3.05) is 13.6 Å². The topological polar surface area (TPSA) is 64.5 Å². The van der Waals surface area contributed by atoms with E-state index in [0.29, 0.717) is 19.4 Å². The quantitative estimate of drug-likeness (QED) is 0.818. The molecule has 0 bridgehead atoms. The van der Waals surface area contributed by atoms with Gasteiger partial charge in [-0.3, -0.25) is 20.0 Å². The minimum absolute atomic E-state index is 0.175. The molecular weight excluding hydrogens is 230 g/mol. The van der Waals surface area contributed by atoms with Crippen LogP contribution in [-0.4, -0.2) is 41.2 Å². The molecule has 1 aliphatic heterocycles. The van der Waals surface area contributed by atoms with Crippen molar-refractivity contribution in [1.82, 2.24) is 9.80 Å². The summed E-state index contributed by atoms with van der Waals surface area (Å²) >= 11 is 0. The first-order valence-corrected chi connectivity index (χ1v) is 6.64. The van der Waals surface area contributed by atoms with Gasteiger partial charge in [0.25, 0.3) is 0 Å². The first-order valence-electron chi connectivity index (χ1n) is 6.64. The molecule has 18 heavy (non-hydrogen) atoms. The molecule has 102 valence electrons. The highest BCUT2D eigenvalue weighted by molar-refractivity contribution is 6.19. The third-order valence-electron chi connectivity index (χ3n) is 3.90. The molecule has 0 radical (unpaired) electrons. The smallest absolute Gasteiger partial charge is 0.287 e. The lowest BCUT2D eigenvalue weighted by Gasteiger charge is -2.44. The summed E-state index contributed by atoms with van der Waals surface area (Å²) in [6.07, 6.45) is 2.92. The molecule has 3 amide bonds. The van der Waals surface area contributed by atoms with E-state index in [4.69, 9.17) is 5.41 Å². The summed E-state index contributed by atoms with van der Waals surface area (Å²) in [7, 11) is 1.51. The Morgan fingerprint density at radius 1 is 1.17 bits per heavy atom. The molecule has 0 saturated carbocycles. The highest BCUT2D eigenvalue weighted by Crippen LogP contribution is 2.35. The predicted molar refractivity (Wildman–Crippen MR) is 70.5 cm³/mol. The number of amides is 3. The fourth-order valence-corrected chi connectivity index (χ4v) is 2.46. The Morgan fingerprint density at radius 2 is 1.72 bits per heavy atom. The van der Waals surface area contributed by atoms with Gasteiger partial charge in [0.2, 0.25) is 5.91 Å². The minimum atomic E-state index is -0.823. The van der Waals surface area contributed by atoms with E-state index < -0.39 is 5.41 Å². The predicted octanol–water partition coefficient (Wildman–Crippen LogP) is 2.46. The van der Waals surface area contributed by atoms with E-state index in [1.54, 1.807) is 0 Å². The Morgan fingerprint density at radius 3 is 2.17 bits per heavy atom. The van der Waals surface area contributed by atoms with Gasteiger partial charge in [0.15, 0.2) is 0 Å². The van der Waals surface area contributed by atoms with Gasteiger partial charge < -0.3 is 0 Å². The molecule has 0 spiro atoms. The Bertz CT molecular complexity index is 361. The fraction of sp³-hybridized carbons (Fsp3) is 0.769. The summed E-state index contributed by atoms with van der Waals surface area (Å²) in [6, 6.07) is -0.365. The Balaban J connectivity index is 3.11. The Labute approximate surface area is 109 Å². The average molecular weight is 253 g/mol. The largest absolute Gasteiger partial charge is 0.331 e. The second kappa shape index (κ2) is 5.50. The summed E-state index contributed by atoms with van der Waals surface area (Å²) in [6.45, 7) is 6.36. The molecule has 0 unspecified atom stereocenters. The highest BCUT2D eigenvalue weighted by Gasteiger charge is 2.51. The van der Waals surface area contributed by atoms with Gasteiger partial charge in [0, 0.05) is 13.6 Å². The van der Waals surface area contributed by atoms with E-state index in [0.717, 1.165) is 12.8 Å². The zero-order chi connectivity index (χ0) is 13.9. The van der Waals surface area contributed by atoms with Gasteiger partial charge >= 0.3 is 6.03 Å². The number of carbonyl (C=O) groups is 2. The summed E-state index contributed by atoms with van der Waals surface area (Å²) in [5.41, 5.74) is -0.823. The lowest BCUT2D eigenvalue weighted by atomic mass is 9.77. The molecule has 0 aliphatic carbocycles. The van der Waals surface area contributed by atoms with Crippen molar-refractivity contribution in [3.63, 3.8) is 0 Å². The summed E-state index contributed by atoms with van der Waals surface area (Å²) in [4.78, 5) is 27.0. The van der Waals surface area contributed by atoms with Crippen LogP contribution in [0.25, 0.3) is 0 Å². The summed E-state index contributed by atoms with van der Waals surface area (Å²) in [5, 5.41) is 8.24. The van der Waals surface area contributed by atoms with Crippen LogP contribution in [0.1, 0.15) is 46.5 Å². The van der Waals surface area contributed by atoms with E-state index >= 15 is 0 Å². The second-order valence-electron chi connectivity index (χ2n) is 4.79. The van der Waals surface area contributed by atoms with Crippen LogP contribution in [0.4, 0.5) is 4.79 Å². The third-order valence-corrected chi connectivity index (χ3v) is 3.90. The van der Waals surface area contributed by atoms with E-state index in [1.807, 2.05) is 20.8 Å². The molecular formula is C13H23N3O2. The van der Waals surface area contributed by atoms with Crippen LogP contribution in [-0.2, 0) is 4.79 Å². The SMILES string of the molecule is CCCCN1C(=N)C(CC)(CC)C(=O)N(C)C1=O. The van der Waals surface area contributed by atoms with Crippen LogP contribution >= 0.6 is 0 Å². The van der Waals surface area contributed by atoms with Crippen molar-refractivity contribution < 1.29 is 9.59 Å². The first-order chi connectivity index (χ1) is 8.46. The molecule has 1 fully saturated rings. The van der Waals surface area contributed by atoms with Gasteiger partial charge in [-0.2, -0.15) is 0 Å². The van der Waals surface area contributed by atoms with E-state index in [2.05, 4.69) is 0 Å². The van der Waals surface area contributed by atoms with Gasteiger partial charge in [0.05, 0.1) is 0 Å². The monoisotopic (exact) mass is 253 g/mol. The van der Waals surface area contributed by atoms with Crippen molar-refractivity contribution in [3.05, 3.63) is 0 Å². The van der Waals surface area contributed by atoms with Gasteiger partial charge in [-0.25, -0.2) is 4.79 Å². The molecule has 5 heteroatoms. The maximum absolute atomic E-state index is 12.3. The van der Waals surface area contributed by atoms with Crippen molar-refractivity contribution in [2.45, 2.75) is 46.5 Å². The molecule has 0 atom stereocenters. The van der Waals surface area contributed by atoms with Crippen LogP contribution in [0.2, 0.25) is 0 Å². The normalized spacial score (nSPS) is 19.7. The number of hydrogen-bond acceptors (Lipinski definition) is 3. The molecule has 0 aromatic carbocycles. The maximum Gasteiger partial charge on any atom is 0.331 e. The second-order valence-corrected chi connectivity index (χ2v) is 4.79. The number of imide groups is 1. The van der Waals surface area contributed by atoms with Crippen LogP contribution < -0.4 is 0 Å². The molecule has 1 saturated heterocycles. The highest BCUT2D eigenvalue weighted by atomic mass is 16.2. The first kappa shape index (κ1) is 14.7. The van der Waals surface area contributed by atoms with Gasteiger partial charge in [-0.05, 0) is 19.3 Å². The van der Waals surface area contributed by atoms with Crippen LogP contribution in [0.5, 0.6) is 0 Å². The minimum Gasteiger partial charge on any atom is -0.287 e. The van der Waals surface area contributed by atoms with Crippen LogP contribution in [0, 0.1) is 10.8 Å². The van der Waals surface area contributed by atoms with Gasteiger partial charge in [0.1, 0.15) is 11.3 Å².